The summed E-state index contributed by atoms with van der Waals surface area (Å²) in [5, 5.41) is 0. The smallest absolute Gasteiger partial charge is 0 e. The van der Waals surface area contributed by atoms with E-state index in [4.69, 9.17) is 1.37 Å². The molecule has 0 aromatic heterocycles. The Bertz CT molecular complexity index is 14.4. The van der Waals surface area contributed by atoms with Crippen molar-refractivity contribution in [3.63, 3.8) is 0 Å². The SMILES string of the molecule is [3H][C-]=C.[CH3-].[Y]. The fourth-order valence-corrected chi connectivity index (χ4v) is 0. The first-order chi connectivity index (χ1) is 1.41. The van der Waals surface area contributed by atoms with Crippen LogP contribution >= 0.6 is 0 Å². The second-order valence-corrected chi connectivity index (χ2v) is 0. The quantitative estimate of drug-likeness (QED) is 0.433. The first-order valence-electron chi connectivity index (χ1n) is 0.854. The maximum Gasteiger partial charge on any atom is 0 e. The van der Waals surface area contributed by atoms with Crippen LogP contribution in [0.5, 0.6) is 0 Å². The van der Waals surface area contributed by atoms with Crippen LogP contribution in [0.1, 0.15) is 1.37 Å². The van der Waals surface area contributed by atoms with Gasteiger partial charge in [0.15, 0.2) is 0 Å². The van der Waals surface area contributed by atoms with Gasteiger partial charge in [0, 0.05) is 32.7 Å². The Morgan fingerprint density at radius 1 is 2.00 bits per heavy atom. The van der Waals surface area contributed by atoms with Crippen LogP contribution in [-0.4, -0.2) is 0 Å². The first kappa shape index (κ1) is 8.85. The predicted molar refractivity (Wildman–Crippen MR) is 16.3 cm³/mol. The van der Waals surface area contributed by atoms with Gasteiger partial charge in [0.2, 0.25) is 0 Å². The summed E-state index contributed by atoms with van der Waals surface area (Å²) in [6.07, 6.45) is 0. The molecule has 1 radical (unpaired) electrons. The molecule has 0 saturated heterocycles. The van der Waals surface area contributed by atoms with E-state index in [1.165, 1.54) is 0 Å². The normalized spacial score (nSPS) is 3.50. The Kier molecular flexibility index (Phi) is 96.6. The molecule has 0 spiro atoms. The zero-order valence-corrected chi connectivity index (χ0v) is 5.62. The monoisotopic (exact) mass is 133 g/mol. The van der Waals surface area contributed by atoms with E-state index in [2.05, 4.69) is 6.58 Å². The molecule has 0 aromatic rings. The molecule has 0 aromatic carbocycles. The van der Waals surface area contributed by atoms with Crippen molar-refractivity contribution in [3.05, 3.63) is 20.6 Å². The van der Waals surface area contributed by atoms with Gasteiger partial charge in [0.05, 0.1) is 0 Å². The van der Waals surface area contributed by atoms with E-state index in [0.717, 1.165) is 0 Å². The summed E-state index contributed by atoms with van der Waals surface area (Å²) in [6, 6.07) is 0. The van der Waals surface area contributed by atoms with E-state index in [-0.39, 0.29) is 40.1 Å². The van der Waals surface area contributed by atoms with Crippen LogP contribution in [0.4, 0.5) is 0 Å². The topological polar surface area (TPSA) is 0 Å². The second kappa shape index (κ2) is 43.7. The first-order valence-corrected chi connectivity index (χ1v) is 0.354. The molecule has 0 unspecified atom stereocenters. The number of hydrogen-bond donors (Lipinski definition) is 0. The van der Waals surface area contributed by atoms with Crippen LogP contribution < -0.4 is 0 Å². The predicted octanol–water partition coefficient (Wildman–Crippen LogP) is 1.05. The molecule has 0 atom stereocenters. The largest absolute Gasteiger partial charge is 0.521 e. The second-order valence-electron chi connectivity index (χ2n) is 0. The molecule has 0 amide bonds. The van der Waals surface area contributed by atoms with Gasteiger partial charge in [-0.25, -0.2) is 1.37 Å². The summed E-state index contributed by atoms with van der Waals surface area (Å²) in [5.74, 6) is 0. The molecule has 0 bridgehead atoms. The van der Waals surface area contributed by atoms with Crippen LogP contribution in [0.25, 0.3) is 0 Å². The standard InChI is InChI=1S/C2H3.CH3.Y/c1-2;;/h1H,2H2;1H3;/q2*-1;/i1T;;. The van der Waals surface area contributed by atoms with Crippen molar-refractivity contribution in [1.82, 2.24) is 0 Å². The van der Waals surface area contributed by atoms with Gasteiger partial charge in [0.1, 0.15) is 0 Å². The van der Waals surface area contributed by atoms with E-state index >= 15 is 0 Å². The Labute approximate surface area is 54.6 Å². The third-order valence-electron chi connectivity index (χ3n) is 0. The summed E-state index contributed by atoms with van der Waals surface area (Å²) in [6.45, 7) is 4.65. The van der Waals surface area contributed by atoms with E-state index in [9.17, 15) is 0 Å². The van der Waals surface area contributed by atoms with Gasteiger partial charge in [-0.1, -0.05) is 0 Å². The van der Waals surface area contributed by atoms with Crippen LogP contribution in [-0.2, 0) is 32.7 Å². The Morgan fingerprint density at radius 2 is 2.00 bits per heavy atom. The Balaban J connectivity index is -0.0000000200. The van der Waals surface area contributed by atoms with Crippen LogP contribution in [0.2, 0.25) is 0 Å². The summed E-state index contributed by atoms with van der Waals surface area (Å²) in [7, 11) is 0. The number of rotatable bonds is 0. The summed E-state index contributed by atoms with van der Waals surface area (Å²) < 4.78 is 5.85. The van der Waals surface area contributed by atoms with Crippen molar-refractivity contribution in [2.24, 2.45) is 0 Å². The fraction of sp³-hybridized carbons (Fsp3) is 0. The molecule has 0 saturated carbocycles. The molecule has 0 fully saturated rings. The summed E-state index contributed by atoms with van der Waals surface area (Å²) >= 11 is 0. The van der Waals surface area contributed by atoms with Crippen molar-refractivity contribution in [2.75, 3.05) is 0 Å². The van der Waals surface area contributed by atoms with Crippen molar-refractivity contribution >= 4 is 0 Å². The molecule has 0 rings (SSSR count). The van der Waals surface area contributed by atoms with Crippen molar-refractivity contribution in [1.29, 1.82) is 0 Å². The molecule has 0 heterocycles. The molecular weight excluding hydrogens is 125 g/mol. The molecule has 0 N–H and O–H groups in total. The summed E-state index contributed by atoms with van der Waals surface area (Å²) in [4.78, 5) is 0. The molecule has 0 aliphatic heterocycles. The minimum Gasteiger partial charge on any atom is -0.521 e. The van der Waals surface area contributed by atoms with Crippen molar-refractivity contribution < 1.29 is 34.1 Å². The average Bonchev–Trinajstić information content (AvgIpc) is 0.918. The van der Waals surface area contributed by atoms with Gasteiger partial charge < -0.3 is 14.0 Å². The van der Waals surface area contributed by atoms with Crippen molar-refractivity contribution in [3.8, 4) is 0 Å². The molecule has 0 nitrogen and oxygen atoms in total. The van der Waals surface area contributed by atoms with E-state index < -0.39 is 0 Å². The van der Waals surface area contributed by atoms with Gasteiger partial charge in [-0.15, -0.1) is 0 Å². The minimum absolute atomic E-state index is 0. The maximum atomic E-state index is 5.85. The molecule has 0 aliphatic carbocycles. The zero-order chi connectivity index (χ0) is 2.71. The minimum atomic E-state index is 0. The molecular formula is C3H6Y-2. The Morgan fingerprint density at radius 3 is 2.00 bits per heavy atom. The molecule has 1 heteroatoms. The van der Waals surface area contributed by atoms with Crippen LogP contribution in [0.3, 0.4) is 0 Å². The molecule has 0 aliphatic rings. The van der Waals surface area contributed by atoms with Gasteiger partial charge in [-0.05, 0) is 0 Å². The zero-order valence-electron chi connectivity index (χ0n) is 3.78. The van der Waals surface area contributed by atoms with Gasteiger partial charge >= 0.3 is 0 Å². The average molecular weight is 133 g/mol. The molecule has 23 valence electrons. The van der Waals surface area contributed by atoms with E-state index in [0.29, 0.717) is 0 Å². The van der Waals surface area contributed by atoms with Crippen LogP contribution in [0, 0.1) is 14.0 Å². The third kappa shape index (κ3) is 13.6. The van der Waals surface area contributed by atoms with Crippen LogP contribution in [0.15, 0.2) is 6.58 Å². The van der Waals surface area contributed by atoms with Gasteiger partial charge in [-0.2, -0.15) is 0 Å². The van der Waals surface area contributed by atoms with Gasteiger partial charge in [-0.3, -0.25) is 6.58 Å². The fourth-order valence-electron chi connectivity index (χ4n) is 0. The van der Waals surface area contributed by atoms with E-state index in [1.54, 1.807) is 6.55 Å². The van der Waals surface area contributed by atoms with E-state index in [1.807, 2.05) is 0 Å². The maximum absolute atomic E-state index is 5.85. The Hall–Kier alpha value is 0.844. The molecule has 4 heavy (non-hydrogen) atoms. The number of hydrogen-bond acceptors (Lipinski definition) is 0. The van der Waals surface area contributed by atoms with Gasteiger partial charge in [0.25, 0.3) is 0 Å². The summed E-state index contributed by atoms with van der Waals surface area (Å²) in [5.41, 5.74) is 0. The van der Waals surface area contributed by atoms with Crippen molar-refractivity contribution in [2.45, 2.75) is 0 Å². The third-order valence-corrected chi connectivity index (χ3v) is 0.